The van der Waals surface area contributed by atoms with Gasteiger partial charge < -0.3 is 14.6 Å². The van der Waals surface area contributed by atoms with Gasteiger partial charge in [-0.25, -0.2) is 0 Å². The fourth-order valence-corrected chi connectivity index (χ4v) is 5.14. The lowest BCUT2D eigenvalue weighted by Crippen LogP contribution is -2.28. The number of carbonyl (C=O) groups is 2. The normalized spacial score (nSPS) is 19.3. The Morgan fingerprint density at radius 2 is 1.27 bits per heavy atom. The van der Waals surface area contributed by atoms with Crippen molar-refractivity contribution in [2.75, 3.05) is 6.61 Å². The Morgan fingerprint density at radius 3 is 1.70 bits per heavy atom. The second-order valence-corrected chi connectivity index (χ2v) is 14.4. The van der Waals surface area contributed by atoms with Gasteiger partial charge in [-0.05, 0) is 136 Å². The molecule has 0 heterocycles. The Balaban J connectivity index is 0. The van der Waals surface area contributed by atoms with E-state index >= 15 is 0 Å². The van der Waals surface area contributed by atoms with E-state index in [2.05, 4.69) is 94.0 Å². The van der Waals surface area contributed by atoms with Crippen molar-refractivity contribution in [1.82, 2.24) is 0 Å². The van der Waals surface area contributed by atoms with Crippen LogP contribution in [-0.4, -0.2) is 30.1 Å². The average molecular weight is 617 g/mol. The minimum Gasteiger partial charge on any atom is -0.466 e. The van der Waals surface area contributed by atoms with Crippen molar-refractivity contribution in [3.63, 3.8) is 0 Å². The molecule has 4 heteroatoms. The lowest BCUT2D eigenvalue weighted by molar-refractivity contribution is -0.145. The number of hydrogen-bond acceptors (Lipinski definition) is 4. The Bertz CT molecular complexity index is 853. The van der Waals surface area contributed by atoms with Gasteiger partial charge in [0.05, 0.1) is 12.7 Å². The van der Waals surface area contributed by atoms with Crippen LogP contribution in [-0.2, 0) is 14.3 Å². The summed E-state index contributed by atoms with van der Waals surface area (Å²) in [7, 11) is 0. The molecule has 0 aromatic heterocycles. The number of esters is 1. The van der Waals surface area contributed by atoms with E-state index in [9.17, 15) is 14.7 Å². The second kappa shape index (κ2) is 27.4. The van der Waals surface area contributed by atoms with Gasteiger partial charge >= 0.3 is 5.97 Å². The summed E-state index contributed by atoms with van der Waals surface area (Å²) < 4.78 is 5.37. The average Bonchev–Trinajstić information content (AvgIpc) is 2.88. The summed E-state index contributed by atoms with van der Waals surface area (Å²) in [5.41, 5.74) is 5.23. The lowest BCUT2D eigenvalue weighted by Gasteiger charge is -2.31. The number of aliphatic hydroxyl groups is 1. The van der Waals surface area contributed by atoms with E-state index in [0.717, 1.165) is 63.2 Å². The third kappa shape index (κ3) is 28.8. The molecule has 0 unspecified atom stereocenters. The lowest BCUT2D eigenvalue weighted by atomic mass is 9.78. The molecular formula is C40H72O4. The highest BCUT2D eigenvalue weighted by molar-refractivity contribution is 5.69. The largest absolute Gasteiger partial charge is 0.466 e. The number of rotatable bonds is 17. The van der Waals surface area contributed by atoms with Crippen LogP contribution in [0.25, 0.3) is 0 Å². The smallest absolute Gasteiger partial charge is 0.306 e. The van der Waals surface area contributed by atoms with Crippen LogP contribution in [0.3, 0.4) is 0 Å². The molecule has 0 amide bonds. The van der Waals surface area contributed by atoms with Crippen LogP contribution < -0.4 is 0 Å². The van der Waals surface area contributed by atoms with Crippen LogP contribution in [0, 0.1) is 29.6 Å². The quantitative estimate of drug-likeness (QED) is 0.100. The van der Waals surface area contributed by atoms with Gasteiger partial charge in [0.2, 0.25) is 0 Å². The van der Waals surface area contributed by atoms with Crippen molar-refractivity contribution in [3.8, 4) is 0 Å². The zero-order chi connectivity index (χ0) is 34.1. The van der Waals surface area contributed by atoms with Crippen molar-refractivity contribution in [2.24, 2.45) is 29.6 Å². The highest BCUT2D eigenvalue weighted by atomic mass is 16.5. The first-order chi connectivity index (χ1) is 20.6. The molecule has 0 aromatic carbocycles. The third-order valence-corrected chi connectivity index (χ3v) is 8.24. The van der Waals surface area contributed by atoms with E-state index in [-0.39, 0.29) is 12.1 Å². The zero-order valence-corrected chi connectivity index (χ0v) is 30.8. The fraction of sp³-hybridized carbons (Fsp3) is 0.750. The molecular weight excluding hydrogens is 544 g/mol. The number of allylic oxidation sites excluding steroid dienone is 6. The molecule has 1 aliphatic carbocycles. The van der Waals surface area contributed by atoms with Gasteiger partial charge in [0.1, 0.15) is 6.29 Å². The Labute approximate surface area is 273 Å². The molecule has 256 valence electrons. The fourth-order valence-electron chi connectivity index (χ4n) is 5.14. The van der Waals surface area contributed by atoms with E-state index in [0.29, 0.717) is 49.0 Å². The molecule has 4 nitrogen and oxygen atoms in total. The number of aldehydes is 1. The van der Waals surface area contributed by atoms with E-state index in [1.54, 1.807) is 0 Å². The Morgan fingerprint density at radius 1 is 0.795 bits per heavy atom. The number of carbonyl (C=O) groups excluding carboxylic acids is 2. The summed E-state index contributed by atoms with van der Waals surface area (Å²) in [4.78, 5) is 21.9. The Hall–Kier alpha value is -1.94. The third-order valence-electron chi connectivity index (χ3n) is 8.24. The van der Waals surface area contributed by atoms with Crippen molar-refractivity contribution in [2.45, 2.75) is 159 Å². The molecule has 1 saturated carbocycles. The van der Waals surface area contributed by atoms with Crippen LogP contribution in [0.15, 0.2) is 47.1 Å². The Kier molecular flexibility index (Phi) is 27.5. The van der Waals surface area contributed by atoms with Gasteiger partial charge in [-0.1, -0.05) is 74.8 Å². The van der Waals surface area contributed by atoms with Crippen molar-refractivity contribution < 1.29 is 19.4 Å². The summed E-state index contributed by atoms with van der Waals surface area (Å²) in [6.07, 6.45) is 19.8. The van der Waals surface area contributed by atoms with E-state index in [1.807, 2.05) is 6.92 Å². The van der Waals surface area contributed by atoms with Gasteiger partial charge in [-0.15, -0.1) is 0 Å². The minimum absolute atomic E-state index is 0.0406. The maximum absolute atomic E-state index is 11.8. The number of aliphatic hydroxyl groups excluding tert-OH is 1. The highest BCUT2D eigenvalue weighted by Crippen LogP contribution is 2.32. The van der Waals surface area contributed by atoms with Crippen LogP contribution in [0.2, 0.25) is 0 Å². The number of hydrogen-bond donors (Lipinski definition) is 1. The summed E-state index contributed by atoms with van der Waals surface area (Å²) in [5.74, 6) is 2.58. The molecule has 0 saturated heterocycles. The van der Waals surface area contributed by atoms with E-state index in [4.69, 9.17) is 4.74 Å². The second-order valence-electron chi connectivity index (χ2n) is 14.4. The highest BCUT2D eigenvalue weighted by Gasteiger charge is 2.26. The molecule has 0 spiro atoms. The first-order valence-corrected chi connectivity index (χ1v) is 17.4. The van der Waals surface area contributed by atoms with Gasteiger partial charge in [0.15, 0.2) is 0 Å². The molecule has 1 fully saturated rings. The molecule has 0 radical (unpaired) electrons. The topological polar surface area (TPSA) is 63.6 Å². The van der Waals surface area contributed by atoms with Gasteiger partial charge in [-0.3, -0.25) is 4.79 Å². The molecule has 0 bridgehead atoms. The molecule has 44 heavy (non-hydrogen) atoms. The first-order valence-electron chi connectivity index (χ1n) is 17.4. The molecule has 1 rings (SSSR count). The monoisotopic (exact) mass is 617 g/mol. The van der Waals surface area contributed by atoms with Crippen LogP contribution in [0.4, 0.5) is 0 Å². The summed E-state index contributed by atoms with van der Waals surface area (Å²) >= 11 is 0. The van der Waals surface area contributed by atoms with Crippen molar-refractivity contribution in [1.29, 1.82) is 0 Å². The van der Waals surface area contributed by atoms with Crippen LogP contribution in [0.1, 0.15) is 153 Å². The van der Waals surface area contributed by atoms with Crippen LogP contribution in [0.5, 0.6) is 0 Å². The maximum Gasteiger partial charge on any atom is 0.306 e. The van der Waals surface area contributed by atoms with Crippen LogP contribution >= 0.6 is 0 Å². The zero-order valence-electron chi connectivity index (χ0n) is 30.8. The molecule has 0 aromatic rings. The van der Waals surface area contributed by atoms with Gasteiger partial charge in [-0.2, -0.15) is 0 Å². The van der Waals surface area contributed by atoms with Gasteiger partial charge in [0, 0.05) is 18.8 Å². The summed E-state index contributed by atoms with van der Waals surface area (Å²) in [6.45, 7) is 27.8. The summed E-state index contributed by atoms with van der Waals surface area (Å²) in [6, 6.07) is 0. The van der Waals surface area contributed by atoms with Crippen molar-refractivity contribution >= 4 is 12.3 Å². The number of ether oxygens (including phenoxy) is 1. The molecule has 6 atom stereocenters. The summed E-state index contributed by atoms with van der Waals surface area (Å²) in [5, 5.41) is 9.65. The standard InChI is InChI=1S/C20H36O2.2C10H18O/c1-16(2)9-7-11-18(5)13-14-22-20(21)15-19(6)12-8-10-17(3)4;1-7(2)9-5-4-8(3)6-10(9)11;1-9(2)5-4-6-10(3)7-8-11/h9-10,18-19H,7-8,11-15H2,1-6H3;8-11H,1,4-6H2,2-3H3;5,8,10H,4,6-7H2,1-3H3/t18-,19-;8-,9+,10-;10-/m111/s1. The molecule has 1 N–H and O–H groups in total. The first kappa shape index (κ1) is 44.2. The minimum atomic E-state index is -0.128. The predicted molar refractivity (Wildman–Crippen MR) is 192 cm³/mol. The molecule has 0 aliphatic heterocycles. The van der Waals surface area contributed by atoms with Crippen molar-refractivity contribution in [3.05, 3.63) is 47.1 Å². The van der Waals surface area contributed by atoms with E-state index < -0.39 is 0 Å². The maximum atomic E-state index is 11.8. The molecule has 1 aliphatic rings. The predicted octanol–water partition coefficient (Wildman–Crippen LogP) is 11.4. The van der Waals surface area contributed by atoms with Gasteiger partial charge in [0.25, 0.3) is 0 Å². The van der Waals surface area contributed by atoms with E-state index in [1.165, 1.54) is 29.6 Å². The SMILES string of the molecule is C=C(C)[C@@H]1CC[C@@H](C)C[C@H]1O.CC(C)=CCC[C@@H](C)CC=O.CC(C)=CCC[C@@H](C)CCOC(=O)C[C@H](C)CCC=C(C)C.